The van der Waals surface area contributed by atoms with E-state index in [4.69, 9.17) is 0 Å². The van der Waals surface area contributed by atoms with Crippen LogP contribution in [-0.4, -0.2) is 4.98 Å². The van der Waals surface area contributed by atoms with Crippen molar-refractivity contribution in [3.05, 3.63) is 65.6 Å². The predicted molar refractivity (Wildman–Crippen MR) is 85.5 cm³/mol. The number of fused-ring (bicyclic) bond motifs is 1. The molecule has 108 valence electrons. The van der Waals surface area contributed by atoms with Crippen LogP contribution < -0.4 is 5.32 Å². The molecule has 3 rings (SSSR count). The number of anilines is 2. The topological polar surface area (TPSA) is 48.7 Å². The summed E-state index contributed by atoms with van der Waals surface area (Å²) >= 11 is 0. The van der Waals surface area contributed by atoms with Gasteiger partial charge in [0.1, 0.15) is 17.4 Å². The Bertz CT molecular complexity index is 881. The quantitative estimate of drug-likeness (QED) is 0.770. The molecule has 0 aliphatic heterocycles. The molecule has 1 N–H and O–H groups in total. The van der Waals surface area contributed by atoms with Crippen molar-refractivity contribution in [2.45, 2.75) is 13.3 Å². The van der Waals surface area contributed by atoms with E-state index in [1.807, 2.05) is 24.3 Å². The van der Waals surface area contributed by atoms with Gasteiger partial charge in [-0.15, -0.1) is 0 Å². The molecule has 0 bridgehead atoms. The highest BCUT2D eigenvalue weighted by Crippen LogP contribution is 2.30. The molecule has 0 aliphatic carbocycles. The van der Waals surface area contributed by atoms with E-state index in [9.17, 15) is 9.65 Å². The minimum absolute atomic E-state index is 0.260. The first-order valence-corrected chi connectivity index (χ1v) is 7.06. The molecule has 0 unspecified atom stereocenters. The largest absolute Gasteiger partial charge is 0.354 e. The summed E-state index contributed by atoms with van der Waals surface area (Å²) in [6, 6.07) is 14.8. The Morgan fingerprint density at radius 2 is 2.05 bits per heavy atom. The second-order valence-electron chi connectivity index (χ2n) is 4.97. The van der Waals surface area contributed by atoms with E-state index in [1.54, 1.807) is 12.1 Å². The highest BCUT2D eigenvalue weighted by molar-refractivity contribution is 5.96. The van der Waals surface area contributed by atoms with Crippen molar-refractivity contribution in [2.75, 3.05) is 5.32 Å². The standard InChI is InChI=1S/C18H14FN3/c1-2-12-5-3-6-14(9-12)22-17-13(10-20)11-21-18-15(17)7-4-8-16(18)19/h3-9,11H,2H2,1H3,(H,21,22). The van der Waals surface area contributed by atoms with E-state index in [0.29, 0.717) is 16.6 Å². The van der Waals surface area contributed by atoms with E-state index in [-0.39, 0.29) is 5.52 Å². The maximum atomic E-state index is 13.9. The molecule has 3 aromatic rings. The Labute approximate surface area is 128 Å². The van der Waals surface area contributed by atoms with Gasteiger partial charge in [-0.2, -0.15) is 5.26 Å². The van der Waals surface area contributed by atoms with Crippen LogP contribution in [0.4, 0.5) is 15.8 Å². The highest BCUT2D eigenvalue weighted by atomic mass is 19.1. The average molecular weight is 291 g/mol. The lowest BCUT2D eigenvalue weighted by Gasteiger charge is -2.12. The molecule has 4 heteroatoms. The number of nitrogens with zero attached hydrogens (tertiary/aromatic N) is 2. The zero-order chi connectivity index (χ0) is 15.5. The molecule has 0 amide bonds. The van der Waals surface area contributed by atoms with E-state index >= 15 is 0 Å². The number of pyridine rings is 1. The molecule has 0 fully saturated rings. The maximum absolute atomic E-state index is 13.9. The van der Waals surface area contributed by atoms with Crippen LogP contribution in [0.15, 0.2) is 48.7 Å². The van der Waals surface area contributed by atoms with Gasteiger partial charge < -0.3 is 5.32 Å². The summed E-state index contributed by atoms with van der Waals surface area (Å²) < 4.78 is 13.9. The minimum Gasteiger partial charge on any atom is -0.354 e. The second kappa shape index (κ2) is 5.82. The molecule has 1 aromatic heterocycles. The third kappa shape index (κ3) is 2.49. The zero-order valence-electron chi connectivity index (χ0n) is 12.1. The van der Waals surface area contributed by atoms with Crippen molar-refractivity contribution < 1.29 is 4.39 Å². The van der Waals surface area contributed by atoms with Crippen molar-refractivity contribution in [2.24, 2.45) is 0 Å². The van der Waals surface area contributed by atoms with Gasteiger partial charge >= 0.3 is 0 Å². The zero-order valence-corrected chi connectivity index (χ0v) is 12.1. The van der Waals surface area contributed by atoms with Gasteiger partial charge in [-0.25, -0.2) is 4.39 Å². The first-order valence-electron chi connectivity index (χ1n) is 7.06. The lowest BCUT2D eigenvalue weighted by Crippen LogP contribution is -1.98. The fourth-order valence-electron chi connectivity index (χ4n) is 2.42. The van der Waals surface area contributed by atoms with Gasteiger partial charge in [0.2, 0.25) is 0 Å². The summed E-state index contributed by atoms with van der Waals surface area (Å²) in [6.07, 6.45) is 2.32. The number of rotatable bonds is 3. The molecule has 0 saturated carbocycles. The monoisotopic (exact) mass is 291 g/mol. The molecular formula is C18H14FN3. The van der Waals surface area contributed by atoms with Gasteiger partial charge in [0, 0.05) is 17.3 Å². The smallest absolute Gasteiger partial charge is 0.149 e. The highest BCUT2D eigenvalue weighted by Gasteiger charge is 2.11. The fraction of sp³-hybridized carbons (Fsp3) is 0.111. The lowest BCUT2D eigenvalue weighted by atomic mass is 10.1. The summed E-state index contributed by atoms with van der Waals surface area (Å²) in [5.41, 5.74) is 3.29. The summed E-state index contributed by atoms with van der Waals surface area (Å²) in [6.45, 7) is 2.08. The molecule has 3 nitrogen and oxygen atoms in total. The number of aromatic nitrogens is 1. The van der Waals surface area contributed by atoms with Crippen LogP contribution in [0.5, 0.6) is 0 Å². The lowest BCUT2D eigenvalue weighted by molar-refractivity contribution is 0.637. The van der Waals surface area contributed by atoms with Gasteiger partial charge in [0.25, 0.3) is 0 Å². The maximum Gasteiger partial charge on any atom is 0.149 e. The Hall–Kier alpha value is -2.93. The van der Waals surface area contributed by atoms with Gasteiger partial charge in [0.15, 0.2) is 0 Å². The van der Waals surface area contributed by atoms with E-state index in [1.165, 1.54) is 17.8 Å². The van der Waals surface area contributed by atoms with E-state index in [0.717, 1.165) is 12.1 Å². The van der Waals surface area contributed by atoms with Gasteiger partial charge in [-0.05, 0) is 30.2 Å². The number of hydrogen-bond donors (Lipinski definition) is 1. The SMILES string of the molecule is CCc1cccc(Nc2c(C#N)cnc3c(F)cccc23)c1. The molecule has 0 spiro atoms. The molecule has 1 heterocycles. The number of nitriles is 1. The van der Waals surface area contributed by atoms with Crippen LogP contribution in [0.25, 0.3) is 10.9 Å². The third-order valence-corrected chi connectivity index (χ3v) is 3.57. The number of hydrogen-bond acceptors (Lipinski definition) is 3. The summed E-state index contributed by atoms with van der Waals surface area (Å²) in [4.78, 5) is 4.05. The van der Waals surface area contributed by atoms with Crippen molar-refractivity contribution >= 4 is 22.3 Å². The summed E-state index contributed by atoms with van der Waals surface area (Å²) in [5, 5.41) is 13.1. The number of aryl methyl sites for hydroxylation is 1. The number of halogens is 1. The van der Waals surface area contributed by atoms with Gasteiger partial charge in [-0.1, -0.05) is 31.2 Å². The number of para-hydroxylation sites is 1. The predicted octanol–water partition coefficient (Wildman–Crippen LogP) is 4.55. The van der Waals surface area contributed by atoms with Crippen LogP contribution >= 0.6 is 0 Å². The minimum atomic E-state index is -0.396. The van der Waals surface area contributed by atoms with Crippen molar-refractivity contribution in [3.63, 3.8) is 0 Å². The molecular weight excluding hydrogens is 277 g/mol. The van der Waals surface area contributed by atoms with Crippen LogP contribution in [-0.2, 0) is 6.42 Å². The van der Waals surface area contributed by atoms with Crippen molar-refractivity contribution in [3.8, 4) is 6.07 Å². The van der Waals surface area contributed by atoms with Crippen molar-refractivity contribution in [1.29, 1.82) is 5.26 Å². The van der Waals surface area contributed by atoms with Gasteiger partial charge in [-0.3, -0.25) is 4.98 Å². The first-order chi connectivity index (χ1) is 10.7. The van der Waals surface area contributed by atoms with Crippen LogP contribution in [0.2, 0.25) is 0 Å². The van der Waals surface area contributed by atoms with E-state index in [2.05, 4.69) is 23.3 Å². The molecule has 0 atom stereocenters. The normalized spacial score (nSPS) is 10.4. The molecule has 0 radical (unpaired) electrons. The van der Waals surface area contributed by atoms with E-state index < -0.39 is 5.82 Å². The number of nitrogens with one attached hydrogen (secondary N) is 1. The first kappa shape index (κ1) is 14.0. The molecule has 2 aromatic carbocycles. The molecule has 0 saturated heterocycles. The second-order valence-corrected chi connectivity index (χ2v) is 4.97. The summed E-state index contributed by atoms with van der Waals surface area (Å²) in [5.74, 6) is -0.396. The van der Waals surface area contributed by atoms with Crippen LogP contribution in [0.3, 0.4) is 0 Å². The third-order valence-electron chi connectivity index (χ3n) is 3.57. The Morgan fingerprint density at radius 1 is 1.23 bits per heavy atom. The Balaban J connectivity index is 2.16. The Kier molecular flexibility index (Phi) is 3.71. The fourth-order valence-corrected chi connectivity index (χ4v) is 2.42. The molecule has 22 heavy (non-hydrogen) atoms. The van der Waals surface area contributed by atoms with Crippen LogP contribution in [0, 0.1) is 17.1 Å². The Morgan fingerprint density at radius 3 is 2.82 bits per heavy atom. The summed E-state index contributed by atoms with van der Waals surface area (Å²) in [7, 11) is 0. The van der Waals surface area contributed by atoms with Crippen LogP contribution in [0.1, 0.15) is 18.1 Å². The average Bonchev–Trinajstić information content (AvgIpc) is 2.56. The molecule has 0 aliphatic rings. The van der Waals surface area contributed by atoms with Crippen molar-refractivity contribution in [1.82, 2.24) is 4.98 Å². The number of benzene rings is 2. The van der Waals surface area contributed by atoms with Gasteiger partial charge in [0.05, 0.1) is 11.3 Å².